The zero-order valence-electron chi connectivity index (χ0n) is 9.58. The molecule has 1 atom stereocenters. The fourth-order valence-corrected chi connectivity index (χ4v) is 1.34. The third-order valence-corrected chi connectivity index (χ3v) is 2.20. The van der Waals surface area contributed by atoms with Crippen LogP contribution in [-0.2, 0) is 0 Å². The molecule has 104 valence electrons. The van der Waals surface area contributed by atoms with Gasteiger partial charge in [0.2, 0.25) is 0 Å². The highest BCUT2D eigenvalue weighted by Crippen LogP contribution is 2.31. The summed E-state index contributed by atoms with van der Waals surface area (Å²) < 4.78 is 55.8. The third-order valence-electron chi connectivity index (χ3n) is 2.20. The average molecular weight is 278 g/mol. The van der Waals surface area contributed by atoms with Gasteiger partial charge in [0, 0.05) is 6.42 Å². The lowest BCUT2D eigenvalue weighted by molar-refractivity contribution is -0.194. The monoisotopic (exact) mass is 278 g/mol. The Bertz CT molecular complexity index is 482. The third kappa shape index (κ3) is 3.70. The molecule has 0 saturated carbocycles. The number of hydrogen-bond acceptors (Lipinski definition) is 2. The number of alkyl halides is 3. The second kappa shape index (κ2) is 5.73. The number of carboxylic acid groups (broad SMARTS) is 1. The zero-order chi connectivity index (χ0) is 14.6. The van der Waals surface area contributed by atoms with Crippen LogP contribution in [0.5, 0.6) is 5.75 Å². The number of benzene rings is 1. The molecule has 0 amide bonds. The Labute approximate surface area is 106 Å². The number of halogens is 4. The smallest absolute Gasteiger partial charge is 0.425 e. The van der Waals surface area contributed by atoms with Crippen molar-refractivity contribution in [1.82, 2.24) is 0 Å². The van der Waals surface area contributed by atoms with Crippen LogP contribution < -0.4 is 4.74 Å². The molecule has 0 fully saturated rings. The van der Waals surface area contributed by atoms with Crippen molar-refractivity contribution in [3.8, 4) is 5.75 Å². The number of aromatic carboxylic acids is 1. The van der Waals surface area contributed by atoms with Gasteiger partial charge in [-0.15, -0.1) is 6.58 Å². The normalized spacial score (nSPS) is 12.8. The standard InChI is InChI=1S/C12H10F4O3/c1-2-4-9(12(14,15)16)19-10-7(11(17)18)5-3-6-8(10)13/h2-3,5-6,9H,1,4H2,(H,17,18). The van der Waals surface area contributed by atoms with Crippen molar-refractivity contribution in [2.45, 2.75) is 18.7 Å². The molecule has 1 N–H and O–H groups in total. The molecule has 1 unspecified atom stereocenters. The van der Waals surface area contributed by atoms with Crippen LogP contribution in [0.25, 0.3) is 0 Å². The highest BCUT2D eigenvalue weighted by Gasteiger charge is 2.41. The second-order valence-electron chi connectivity index (χ2n) is 3.59. The van der Waals surface area contributed by atoms with E-state index >= 15 is 0 Å². The molecule has 1 aromatic carbocycles. The number of carbonyl (C=O) groups is 1. The summed E-state index contributed by atoms with van der Waals surface area (Å²) in [6, 6.07) is 2.85. The van der Waals surface area contributed by atoms with Crippen LogP contribution in [0.4, 0.5) is 17.6 Å². The van der Waals surface area contributed by atoms with Crippen molar-refractivity contribution in [1.29, 1.82) is 0 Å². The fraction of sp³-hybridized carbons (Fsp3) is 0.250. The van der Waals surface area contributed by atoms with E-state index in [0.29, 0.717) is 0 Å². The summed E-state index contributed by atoms with van der Waals surface area (Å²) in [7, 11) is 0. The summed E-state index contributed by atoms with van der Waals surface area (Å²) in [4.78, 5) is 10.8. The summed E-state index contributed by atoms with van der Waals surface area (Å²) in [5.41, 5.74) is -0.668. The molecule has 7 heteroatoms. The Morgan fingerprint density at radius 2 is 2.11 bits per heavy atom. The number of hydrogen-bond donors (Lipinski definition) is 1. The first kappa shape index (κ1) is 15.0. The van der Waals surface area contributed by atoms with Crippen LogP contribution in [0, 0.1) is 5.82 Å². The Kier molecular flexibility index (Phi) is 4.52. The van der Waals surface area contributed by atoms with Crippen molar-refractivity contribution in [2.75, 3.05) is 0 Å². The van der Waals surface area contributed by atoms with Crippen molar-refractivity contribution < 1.29 is 32.2 Å². The van der Waals surface area contributed by atoms with Crippen LogP contribution >= 0.6 is 0 Å². The summed E-state index contributed by atoms with van der Waals surface area (Å²) in [6.45, 7) is 3.15. The lowest BCUT2D eigenvalue weighted by atomic mass is 10.2. The molecule has 0 heterocycles. The van der Waals surface area contributed by atoms with Gasteiger partial charge in [0.15, 0.2) is 17.7 Å². The van der Waals surface area contributed by atoms with Gasteiger partial charge in [-0.1, -0.05) is 12.1 Å². The van der Waals surface area contributed by atoms with Gasteiger partial charge < -0.3 is 9.84 Å². The largest absolute Gasteiger partial charge is 0.478 e. The van der Waals surface area contributed by atoms with Gasteiger partial charge in [0.05, 0.1) is 0 Å². The quantitative estimate of drug-likeness (QED) is 0.663. The van der Waals surface area contributed by atoms with E-state index < -0.39 is 41.8 Å². The molecule has 0 bridgehead atoms. The Hall–Kier alpha value is -2.05. The maximum Gasteiger partial charge on any atom is 0.425 e. The molecule has 0 spiro atoms. The van der Waals surface area contributed by atoms with Gasteiger partial charge in [-0.25, -0.2) is 9.18 Å². The minimum atomic E-state index is -4.76. The maximum atomic E-state index is 13.4. The van der Waals surface area contributed by atoms with Crippen LogP contribution in [0.3, 0.4) is 0 Å². The van der Waals surface area contributed by atoms with Crippen LogP contribution in [0.15, 0.2) is 30.9 Å². The molecule has 1 aromatic rings. The van der Waals surface area contributed by atoms with E-state index in [9.17, 15) is 22.4 Å². The predicted octanol–water partition coefficient (Wildman–Crippen LogP) is 3.41. The highest BCUT2D eigenvalue weighted by atomic mass is 19.4. The van der Waals surface area contributed by atoms with E-state index in [2.05, 4.69) is 11.3 Å². The number of rotatable bonds is 5. The number of para-hydroxylation sites is 1. The SMILES string of the molecule is C=CCC(Oc1c(F)cccc1C(=O)O)C(F)(F)F. The zero-order valence-corrected chi connectivity index (χ0v) is 9.58. The summed E-state index contributed by atoms with van der Waals surface area (Å²) >= 11 is 0. The molecule has 0 aromatic heterocycles. The van der Waals surface area contributed by atoms with Gasteiger partial charge >= 0.3 is 12.1 Å². The molecule has 0 saturated heterocycles. The van der Waals surface area contributed by atoms with Crippen molar-refractivity contribution in [3.05, 3.63) is 42.2 Å². The van der Waals surface area contributed by atoms with Gasteiger partial charge in [0.1, 0.15) is 5.56 Å². The maximum absolute atomic E-state index is 13.4. The second-order valence-corrected chi connectivity index (χ2v) is 3.59. The number of carboxylic acids is 1. The minimum Gasteiger partial charge on any atom is -0.478 e. The molecule has 19 heavy (non-hydrogen) atoms. The van der Waals surface area contributed by atoms with Crippen molar-refractivity contribution >= 4 is 5.97 Å². The van der Waals surface area contributed by atoms with Crippen LogP contribution in [0.1, 0.15) is 16.8 Å². The average Bonchev–Trinajstić information content (AvgIpc) is 2.29. The molecule has 0 aliphatic carbocycles. The lowest BCUT2D eigenvalue weighted by Gasteiger charge is -2.21. The Morgan fingerprint density at radius 1 is 1.47 bits per heavy atom. The first-order valence-corrected chi connectivity index (χ1v) is 5.13. The lowest BCUT2D eigenvalue weighted by Crippen LogP contribution is -2.34. The minimum absolute atomic E-state index is 0.614. The van der Waals surface area contributed by atoms with E-state index in [1.54, 1.807) is 0 Å². The van der Waals surface area contributed by atoms with E-state index in [1.165, 1.54) is 0 Å². The van der Waals surface area contributed by atoms with Gasteiger partial charge in [-0.3, -0.25) is 0 Å². The van der Waals surface area contributed by atoms with E-state index in [4.69, 9.17) is 5.11 Å². The molecule has 3 nitrogen and oxygen atoms in total. The molecule has 0 aliphatic rings. The van der Waals surface area contributed by atoms with Gasteiger partial charge in [-0.2, -0.15) is 13.2 Å². The van der Waals surface area contributed by atoms with E-state index in [0.717, 1.165) is 24.3 Å². The Balaban J connectivity index is 3.15. The molecular weight excluding hydrogens is 268 g/mol. The first-order valence-electron chi connectivity index (χ1n) is 5.13. The Morgan fingerprint density at radius 3 is 2.58 bits per heavy atom. The highest BCUT2D eigenvalue weighted by molar-refractivity contribution is 5.90. The van der Waals surface area contributed by atoms with Crippen molar-refractivity contribution in [2.24, 2.45) is 0 Å². The van der Waals surface area contributed by atoms with Crippen LogP contribution in [-0.4, -0.2) is 23.4 Å². The molecule has 0 radical (unpaired) electrons. The van der Waals surface area contributed by atoms with Crippen LogP contribution in [0.2, 0.25) is 0 Å². The molecule has 0 aliphatic heterocycles. The summed E-state index contributed by atoms with van der Waals surface area (Å²) in [5, 5.41) is 8.79. The first-order chi connectivity index (χ1) is 8.77. The summed E-state index contributed by atoms with van der Waals surface area (Å²) in [5.74, 6) is -3.67. The molecule has 1 rings (SSSR count). The topological polar surface area (TPSA) is 46.5 Å². The summed E-state index contributed by atoms with van der Waals surface area (Å²) in [6.07, 6.45) is -6.76. The number of ether oxygens (including phenoxy) is 1. The molecular formula is C12H10F4O3. The fourth-order valence-electron chi connectivity index (χ4n) is 1.34. The van der Waals surface area contributed by atoms with E-state index in [-0.39, 0.29) is 0 Å². The van der Waals surface area contributed by atoms with Gasteiger partial charge in [-0.05, 0) is 12.1 Å². The van der Waals surface area contributed by atoms with Crippen molar-refractivity contribution in [3.63, 3.8) is 0 Å². The predicted molar refractivity (Wildman–Crippen MR) is 58.6 cm³/mol. The van der Waals surface area contributed by atoms with E-state index in [1.807, 2.05) is 0 Å². The van der Waals surface area contributed by atoms with Gasteiger partial charge in [0.25, 0.3) is 0 Å².